The highest BCUT2D eigenvalue weighted by Crippen LogP contribution is 2.38. The third-order valence-corrected chi connectivity index (χ3v) is 5.92. The van der Waals surface area contributed by atoms with Gasteiger partial charge in [-0.05, 0) is 30.5 Å². The van der Waals surface area contributed by atoms with Crippen molar-refractivity contribution in [3.8, 4) is 11.1 Å². The number of nitrogens with zero attached hydrogens (tertiary/aromatic N) is 3. The van der Waals surface area contributed by atoms with Crippen molar-refractivity contribution in [2.24, 2.45) is 11.7 Å². The highest BCUT2D eigenvalue weighted by atomic mass is 35.5. The van der Waals surface area contributed by atoms with E-state index in [1.165, 1.54) is 5.69 Å². The molecule has 2 N–H and O–H groups in total. The van der Waals surface area contributed by atoms with Crippen molar-refractivity contribution in [2.75, 3.05) is 49.2 Å². The van der Waals surface area contributed by atoms with E-state index in [0.717, 1.165) is 69.0 Å². The monoisotopic (exact) mass is 400 g/mol. The zero-order valence-corrected chi connectivity index (χ0v) is 16.6. The van der Waals surface area contributed by atoms with E-state index in [-0.39, 0.29) is 11.8 Å². The van der Waals surface area contributed by atoms with E-state index in [1.54, 1.807) is 6.20 Å². The first-order chi connectivity index (χ1) is 13.6. The minimum absolute atomic E-state index is 0.0480. The second-order valence-electron chi connectivity index (χ2n) is 7.33. The van der Waals surface area contributed by atoms with Crippen LogP contribution in [0.1, 0.15) is 12.8 Å². The van der Waals surface area contributed by atoms with E-state index in [4.69, 9.17) is 22.1 Å². The zero-order valence-electron chi connectivity index (χ0n) is 15.8. The Kier molecular flexibility index (Phi) is 5.69. The van der Waals surface area contributed by atoms with E-state index < -0.39 is 0 Å². The van der Waals surface area contributed by atoms with Crippen LogP contribution in [0.15, 0.2) is 36.7 Å². The minimum Gasteiger partial charge on any atom is -0.378 e. The fourth-order valence-electron chi connectivity index (χ4n) is 4.02. The Morgan fingerprint density at radius 1 is 1.04 bits per heavy atom. The molecule has 2 aromatic rings. The van der Waals surface area contributed by atoms with Crippen LogP contribution in [0.4, 0.5) is 11.4 Å². The Labute approximate surface area is 170 Å². The molecule has 2 aliphatic heterocycles. The van der Waals surface area contributed by atoms with Crippen molar-refractivity contribution in [3.63, 3.8) is 0 Å². The number of nitrogens with two attached hydrogens (primary N) is 1. The van der Waals surface area contributed by atoms with Gasteiger partial charge < -0.3 is 20.3 Å². The SMILES string of the molecule is NC(=O)C1CCN(c2c(Cl)cncc2-c2ccc(N3CCOCC3)cc2)CC1. The van der Waals surface area contributed by atoms with Crippen molar-refractivity contribution >= 4 is 28.9 Å². The number of aromatic nitrogens is 1. The number of carbonyl (C=O) groups is 1. The Bertz CT molecular complexity index is 829. The standard InChI is InChI=1S/C21H25ClN4O2/c22-19-14-24-13-18(20(19)26-7-5-16(6-8-26)21(23)27)15-1-3-17(4-2-15)25-9-11-28-12-10-25/h1-4,13-14,16H,5-12H2,(H2,23,27). The van der Waals surface area contributed by atoms with Gasteiger partial charge in [0, 0.05) is 55.7 Å². The van der Waals surface area contributed by atoms with Crippen LogP contribution < -0.4 is 15.5 Å². The second-order valence-corrected chi connectivity index (χ2v) is 7.73. The molecule has 1 aromatic carbocycles. The van der Waals surface area contributed by atoms with E-state index in [2.05, 4.69) is 39.0 Å². The molecule has 148 valence electrons. The fourth-order valence-corrected chi connectivity index (χ4v) is 4.30. The van der Waals surface area contributed by atoms with Gasteiger partial charge in [-0.25, -0.2) is 0 Å². The number of anilines is 2. The number of pyridine rings is 1. The summed E-state index contributed by atoms with van der Waals surface area (Å²) in [5.74, 6) is -0.257. The molecule has 1 amide bonds. The summed E-state index contributed by atoms with van der Waals surface area (Å²) in [6.45, 7) is 4.89. The lowest BCUT2D eigenvalue weighted by Gasteiger charge is -2.34. The van der Waals surface area contributed by atoms with Crippen LogP contribution in [0.25, 0.3) is 11.1 Å². The molecule has 2 aliphatic rings. The smallest absolute Gasteiger partial charge is 0.220 e. The van der Waals surface area contributed by atoms with Gasteiger partial charge in [0.05, 0.1) is 23.9 Å². The van der Waals surface area contributed by atoms with Crippen molar-refractivity contribution in [2.45, 2.75) is 12.8 Å². The van der Waals surface area contributed by atoms with Crippen molar-refractivity contribution in [1.29, 1.82) is 0 Å². The van der Waals surface area contributed by atoms with Crippen molar-refractivity contribution < 1.29 is 9.53 Å². The zero-order chi connectivity index (χ0) is 19.5. The van der Waals surface area contributed by atoms with Crippen LogP contribution >= 0.6 is 11.6 Å². The van der Waals surface area contributed by atoms with Crippen LogP contribution in [0.5, 0.6) is 0 Å². The maximum absolute atomic E-state index is 11.5. The normalized spacial score (nSPS) is 18.3. The predicted octanol–water partition coefficient (Wildman–Crippen LogP) is 2.94. The van der Waals surface area contributed by atoms with E-state index >= 15 is 0 Å². The summed E-state index contributed by atoms with van der Waals surface area (Å²) in [5, 5.41) is 0.632. The molecule has 2 saturated heterocycles. The first-order valence-corrected chi connectivity index (χ1v) is 10.1. The Hall–Kier alpha value is -2.31. The summed E-state index contributed by atoms with van der Waals surface area (Å²) in [6, 6.07) is 8.53. The molecule has 0 radical (unpaired) electrons. The molecule has 6 nitrogen and oxygen atoms in total. The molecule has 0 saturated carbocycles. The fraction of sp³-hybridized carbons (Fsp3) is 0.429. The molecule has 28 heavy (non-hydrogen) atoms. The molecule has 0 atom stereocenters. The summed E-state index contributed by atoms with van der Waals surface area (Å²) < 4.78 is 5.43. The van der Waals surface area contributed by atoms with Gasteiger partial charge in [0.15, 0.2) is 0 Å². The van der Waals surface area contributed by atoms with Gasteiger partial charge in [-0.3, -0.25) is 9.78 Å². The Morgan fingerprint density at radius 3 is 2.36 bits per heavy atom. The quantitative estimate of drug-likeness (QED) is 0.854. The molecule has 0 aliphatic carbocycles. The first-order valence-electron chi connectivity index (χ1n) is 9.74. The number of amides is 1. The molecule has 1 aromatic heterocycles. The van der Waals surface area contributed by atoms with Gasteiger partial charge in [0.25, 0.3) is 0 Å². The molecule has 7 heteroatoms. The van der Waals surface area contributed by atoms with Gasteiger partial charge in [-0.2, -0.15) is 0 Å². The van der Waals surface area contributed by atoms with E-state index in [1.807, 2.05) is 6.20 Å². The number of morpholine rings is 1. The van der Waals surface area contributed by atoms with Gasteiger partial charge in [-0.1, -0.05) is 23.7 Å². The molecular weight excluding hydrogens is 376 g/mol. The van der Waals surface area contributed by atoms with Gasteiger partial charge in [0.2, 0.25) is 5.91 Å². The Balaban J connectivity index is 1.58. The predicted molar refractivity (Wildman–Crippen MR) is 112 cm³/mol. The lowest BCUT2D eigenvalue weighted by Crippen LogP contribution is -2.38. The van der Waals surface area contributed by atoms with Gasteiger partial charge in [-0.15, -0.1) is 0 Å². The summed E-state index contributed by atoms with van der Waals surface area (Å²) in [6.07, 6.45) is 5.06. The topological polar surface area (TPSA) is 71.7 Å². The summed E-state index contributed by atoms with van der Waals surface area (Å²) in [7, 11) is 0. The summed E-state index contributed by atoms with van der Waals surface area (Å²) in [4.78, 5) is 20.4. The number of rotatable bonds is 4. The lowest BCUT2D eigenvalue weighted by molar-refractivity contribution is -0.122. The number of ether oxygens (including phenoxy) is 1. The number of hydrogen-bond acceptors (Lipinski definition) is 5. The number of hydrogen-bond donors (Lipinski definition) is 1. The van der Waals surface area contributed by atoms with Crippen LogP contribution in [0.2, 0.25) is 5.02 Å². The molecule has 3 heterocycles. The summed E-state index contributed by atoms with van der Waals surface area (Å²) >= 11 is 6.55. The average molecular weight is 401 g/mol. The molecule has 0 unspecified atom stereocenters. The highest BCUT2D eigenvalue weighted by Gasteiger charge is 2.26. The van der Waals surface area contributed by atoms with Gasteiger partial charge in [0.1, 0.15) is 0 Å². The molecule has 0 bridgehead atoms. The third kappa shape index (κ3) is 3.93. The minimum atomic E-state index is -0.209. The van der Waals surface area contributed by atoms with Gasteiger partial charge >= 0.3 is 0 Å². The summed E-state index contributed by atoms with van der Waals surface area (Å²) in [5.41, 5.74) is 9.75. The van der Waals surface area contributed by atoms with Crippen LogP contribution in [-0.2, 0) is 9.53 Å². The van der Waals surface area contributed by atoms with Crippen LogP contribution in [0, 0.1) is 5.92 Å². The number of primary amides is 1. The van der Waals surface area contributed by atoms with Crippen LogP contribution in [-0.4, -0.2) is 50.3 Å². The number of piperidine rings is 1. The first kappa shape index (κ1) is 19.0. The number of carbonyl (C=O) groups excluding carboxylic acids is 1. The second kappa shape index (κ2) is 8.37. The maximum atomic E-state index is 11.5. The molecule has 0 spiro atoms. The van der Waals surface area contributed by atoms with Crippen molar-refractivity contribution in [3.05, 3.63) is 41.7 Å². The number of benzene rings is 1. The molecule has 2 fully saturated rings. The van der Waals surface area contributed by atoms with Crippen LogP contribution in [0.3, 0.4) is 0 Å². The lowest BCUT2D eigenvalue weighted by atomic mass is 9.95. The largest absolute Gasteiger partial charge is 0.378 e. The average Bonchev–Trinajstić information content (AvgIpc) is 2.74. The van der Waals surface area contributed by atoms with E-state index in [9.17, 15) is 4.79 Å². The molecule has 4 rings (SSSR count). The third-order valence-electron chi connectivity index (χ3n) is 5.64. The maximum Gasteiger partial charge on any atom is 0.220 e. The van der Waals surface area contributed by atoms with E-state index in [0.29, 0.717) is 5.02 Å². The number of halogens is 1. The Morgan fingerprint density at radius 2 is 1.71 bits per heavy atom. The molecular formula is C21H25ClN4O2. The highest BCUT2D eigenvalue weighted by molar-refractivity contribution is 6.33. The van der Waals surface area contributed by atoms with Crippen molar-refractivity contribution in [1.82, 2.24) is 4.98 Å².